The van der Waals surface area contributed by atoms with Crippen molar-refractivity contribution in [3.8, 4) is 0 Å². The normalized spacial score (nSPS) is 26.4. The third kappa shape index (κ3) is 2.90. The van der Waals surface area contributed by atoms with Crippen LogP contribution in [0.15, 0.2) is 23.1 Å². The van der Waals surface area contributed by atoms with Gasteiger partial charge in [0, 0.05) is 25.2 Å². The van der Waals surface area contributed by atoms with E-state index in [0.717, 1.165) is 17.7 Å². The van der Waals surface area contributed by atoms with Crippen molar-refractivity contribution in [1.29, 1.82) is 0 Å². The van der Waals surface area contributed by atoms with Crippen LogP contribution in [0, 0.1) is 11.8 Å². The van der Waals surface area contributed by atoms with E-state index in [9.17, 15) is 13.2 Å². The summed E-state index contributed by atoms with van der Waals surface area (Å²) in [6.07, 6.45) is 2.08. The van der Waals surface area contributed by atoms with Crippen LogP contribution in [0.5, 0.6) is 0 Å². The average molecular weight is 322 g/mol. The summed E-state index contributed by atoms with van der Waals surface area (Å²) in [6, 6.07) is 5.02. The average Bonchev–Trinajstić information content (AvgIpc) is 2.45. The molecule has 1 aromatic rings. The number of piperidine rings is 1. The van der Waals surface area contributed by atoms with Crippen LogP contribution >= 0.6 is 0 Å². The van der Waals surface area contributed by atoms with Gasteiger partial charge in [-0.15, -0.1) is 0 Å². The highest BCUT2D eigenvalue weighted by atomic mass is 32.2. The Morgan fingerprint density at radius 1 is 1.14 bits per heavy atom. The van der Waals surface area contributed by atoms with E-state index in [1.807, 2.05) is 0 Å². The summed E-state index contributed by atoms with van der Waals surface area (Å²) in [6.45, 7) is 5.36. The van der Waals surface area contributed by atoms with Gasteiger partial charge in [0.15, 0.2) is 0 Å². The highest BCUT2D eigenvalue weighted by molar-refractivity contribution is 7.89. The lowest BCUT2D eigenvalue weighted by atomic mass is 9.94. The van der Waals surface area contributed by atoms with Gasteiger partial charge in [0.05, 0.1) is 4.90 Å². The second kappa shape index (κ2) is 5.66. The van der Waals surface area contributed by atoms with Gasteiger partial charge in [-0.05, 0) is 48.4 Å². The molecule has 1 amide bonds. The molecule has 120 valence electrons. The summed E-state index contributed by atoms with van der Waals surface area (Å²) < 4.78 is 27.3. The Morgan fingerprint density at radius 2 is 1.82 bits per heavy atom. The fourth-order valence-electron chi connectivity index (χ4n) is 3.47. The minimum Gasteiger partial charge on any atom is -0.326 e. The maximum atomic E-state index is 12.9. The molecule has 1 saturated heterocycles. The van der Waals surface area contributed by atoms with E-state index in [0.29, 0.717) is 42.7 Å². The Hall–Kier alpha value is -1.40. The minimum absolute atomic E-state index is 0.0122. The van der Waals surface area contributed by atoms with Gasteiger partial charge in [0.25, 0.3) is 0 Å². The van der Waals surface area contributed by atoms with Gasteiger partial charge in [-0.25, -0.2) is 8.42 Å². The molecule has 1 N–H and O–H groups in total. The van der Waals surface area contributed by atoms with Crippen LogP contribution in [0.2, 0.25) is 0 Å². The zero-order valence-corrected chi connectivity index (χ0v) is 13.8. The first kappa shape index (κ1) is 15.5. The number of nitrogens with zero attached hydrogens (tertiary/aromatic N) is 1. The van der Waals surface area contributed by atoms with Crippen LogP contribution in [0.1, 0.15) is 32.3 Å². The summed E-state index contributed by atoms with van der Waals surface area (Å²) in [5, 5.41) is 2.78. The summed E-state index contributed by atoms with van der Waals surface area (Å²) in [4.78, 5) is 11.7. The number of fused-ring (bicyclic) bond motifs is 1. The second-order valence-electron chi connectivity index (χ2n) is 6.64. The fourth-order valence-corrected chi connectivity index (χ4v) is 5.20. The largest absolute Gasteiger partial charge is 0.326 e. The summed E-state index contributed by atoms with van der Waals surface area (Å²) in [7, 11) is -3.45. The number of hydrogen-bond acceptors (Lipinski definition) is 3. The van der Waals surface area contributed by atoms with Crippen LogP contribution in [0.25, 0.3) is 0 Å². The molecule has 2 aliphatic heterocycles. The number of anilines is 1. The topological polar surface area (TPSA) is 66.5 Å². The van der Waals surface area contributed by atoms with Crippen molar-refractivity contribution >= 4 is 21.6 Å². The molecule has 22 heavy (non-hydrogen) atoms. The van der Waals surface area contributed by atoms with Gasteiger partial charge in [-0.2, -0.15) is 4.31 Å². The second-order valence-corrected chi connectivity index (χ2v) is 8.57. The van der Waals surface area contributed by atoms with E-state index < -0.39 is 10.0 Å². The smallest absolute Gasteiger partial charge is 0.243 e. The predicted molar refractivity (Wildman–Crippen MR) is 85.1 cm³/mol. The van der Waals surface area contributed by atoms with E-state index in [4.69, 9.17) is 0 Å². The first-order valence-corrected chi connectivity index (χ1v) is 9.23. The third-order valence-corrected chi connectivity index (χ3v) is 6.27. The molecule has 0 radical (unpaired) electrons. The van der Waals surface area contributed by atoms with Crippen LogP contribution in [-0.4, -0.2) is 31.7 Å². The first-order valence-electron chi connectivity index (χ1n) is 7.79. The molecule has 0 aliphatic carbocycles. The van der Waals surface area contributed by atoms with Gasteiger partial charge >= 0.3 is 0 Å². The Labute approximate surface area is 131 Å². The molecule has 2 aliphatic rings. The van der Waals surface area contributed by atoms with E-state index in [-0.39, 0.29) is 5.91 Å². The number of benzene rings is 1. The zero-order chi connectivity index (χ0) is 15.9. The van der Waals surface area contributed by atoms with Gasteiger partial charge in [-0.1, -0.05) is 13.8 Å². The van der Waals surface area contributed by atoms with Crippen molar-refractivity contribution in [1.82, 2.24) is 4.31 Å². The van der Waals surface area contributed by atoms with Crippen LogP contribution in [0.3, 0.4) is 0 Å². The molecule has 0 saturated carbocycles. The standard InChI is InChI=1S/C16H22N2O3S/c1-11-7-12(2)10-18(9-11)22(20,21)14-4-5-15-13(8-14)3-6-16(19)17-15/h4-5,8,11-12H,3,6-7,9-10H2,1-2H3,(H,17,19)/t11-,12+. The van der Waals surface area contributed by atoms with Gasteiger partial charge in [0.1, 0.15) is 0 Å². The summed E-state index contributed by atoms with van der Waals surface area (Å²) >= 11 is 0. The maximum absolute atomic E-state index is 12.9. The Morgan fingerprint density at radius 3 is 2.50 bits per heavy atom. The number of aryl methyl sites for hydroxylation is 1. The van der Waals surface area contributed by atoms with Crippen LogP contribution < -0.4 is 5.32 Å². The molecular formula is C16H22N2O3S. The lowest BCUT2D eigenvalue weighted by molar-refractivity contribution is -0.116. The highest BCUT2D eigenvalue weighted by Gasteiger charge is 2.32. The van der Waals surface area contributed by atoms with Crippen molar-refractivity contribution in [3.05, 3.63) is 23.8 Å². The quantitative estimate of drug-likeness (QED) is 0.908. The fraction of sp³-hybridized carbons (Fsp3) is 0.562. The predicted octanol–water partition coefficient (Wildman–Crippen LogP) is 2.24. The molecule has 0 spiro atoms. The van der Waals surface area contributed by atoms with Crippen molar-refractivity contribution in [2.45, 2.75) is 38.0 Å². The number of hydrogen-bond donors (Lipinski definition) is 1. The van der Waals surface area contributed by atoms with E-state index >= 15 is 0 Å². The summed E-state index contributed by atoms with van der Waals surface area (Å²) in [5.74, 6) is 0.757. The monoisotopic (exact) mass is 322 g/mol. The van der Waals surface area contributed by atoms with Gasteiger partial charge in [0.2, 0.25) is 15.9 Å². The zero-order valence-electron chi connectivity index (χ0n) is 13.0. The molecule has 1 fully saturated rings. The molecule has 0 bridgehead atoms. The Kier molecular flexibility index (Phi) is 3.99. The lowest BCUT2D eigenvalue weighted by Crippen LogP contribution is -2.42. The van der Waals surface area contributed by atoms with Gasteiger partial charge < -0.3 is 5.32 Å². The number of sulfonamides is 1. The van der Waals surface area contributed by atoms with Crippen LogP contribution in [-0.2, 0) is 21.2 Å². The Bertz CT molecular complexity index is 689. The molecule has 0 aromatic heterocycles. The number of carbonyl (C=O) groups is 1. The molecule has 2 atom stereocenters. The molecular weight excluding hydrogens is 300 g/mol. The molecule has 1 aromatic carbocycles. The number of carbonyl (C=O) groups excluding carboxylic acids is 1. The minimum atomic E-state index is -3.45. The number of nitrogens with one attached hydrogen (secondary N) is 1. The SMILES string of the molecule is C[C@@H]1C[C@H](C)CN(S(=O)(=O)c2ccc3c(c2)CCC(=O)N3)C1. The van der Waals surface area contributed by atoms with E-state index in [1.165, 1.54) is 0 Å². The van der Waals surface area contributed by atoms with Crippen molar-refractivity contribution < 1.29 is 13.2 Å². The third-order valence-electron chi connectivity index (χ3n) is 4.45. The number of rotatable bonds is 2. The molecule has 3 rings (SSSR count). The van der Waals surface area contributed by atoms with Crippen LogP contribution in [0.4, 0.5) is 5.69 Å². The first-order chi connectivity index (χ1) is 10.4. The lowest BCUT2D eigenvalue weighted by Gasteiger charge is -2.34. The molecule has 2 heterocycles. The maximum Gasteiger partial charge on any atom is 0.243 e. The van der Waals surface area contributed by atoms with Crippen molar-refractivity contribution in [3.63, 3.8) is 0 Å². The number of amides is 1. The van der Waals surface area contributed by atoms with Crippen molar-refractivity contribution in [2.75, 3.05) is 18.4 Å². The van der Waals surface area contributed by atoms with E-state index in [2.05, 4.69) is 19.2 Å². The van der Waals surface area contributed by atoms with Gasteiger partial charge in [-0.3, -0.25) is 4.79 Å². The molecule has 0 unspecified atom stereocenters. The summed E-state index contributed by atoms with van der Waals surface area (Å²) in [5.41, 5.74) is 1.63. The highest BCUT2D eigenvalue weighted by Crippen LogP contribution is 2.30. The van der Waals surface area contributed by atoms with Crippen molar-refractivity contribution in [2.24, 2.45) is 11.8 Å². The van der Waals surface area contributed by atoms with E-state index in [1.54, 1.807) is 22.5 Å². The molecule has 5 nitrogen and oxygen atoms in total. The Balaban J connectivity index is 1.91. The molecule has 6 heteroatoms.